The Bertz CT molecular complexity index is 480. The zero-order valence-electron chi connectivity index (χ0n) is 9.55. The van der Waals surface area contributed by atoms with Gasteiger partial charge in [-0.2, -0.15) is 0 Å². The van der Waals surface area contributed by atoms with Crippen LogP contribution in [0.2, 0.25) is 0 Å². The maximum atomic E-state index is 6.05. The Morgan fingerprint density at radius 1 is 1.56 bits per heavy atom. The summed E-state index contributed by atoms with van der Waals surface area (Å²) in [5.74, 6) is 0.853. The molecule has 0 radical (unpaired) electrons. The molecule has 86 valence electrons. The molecule has 16 heavy (non-hydrogen) atoms. The van der Waals surface area contributed by atoms with Crippen molar-refractivity contribution in [3.8, 4) is 0 Å². The summed E-state index contributed by atoms with van der Waals surface area (Å²) in [7, 11) is 3.63. The van der Waals surface area contributed by atoms with Crippen LogP contribution < -0.4 is 5.73 Å². The molecule has 0 saturated carbocycles. The van der Waals surface area contributed by atoms with Crippen LogP contribution in [0.25, 0.3) is 11.2 Å². The SMILES string of the molecule is COCCC(N)c1nc2ncccc2n1C. The number of fused-ring (bicyclic) bond motifs is 1. The van der Waals surface area contributed by atoms with Crippen LogP contribution in [0, 0.1) is 0 Å². The zero-order chi connectivity index (χ0) is 11.5. The van der Waals surface area contributed by atoms with E-state index in [1.54, 1.807) is 13.3 Å². The quantitative estimate of drug-likeness (QED) is 0.835. The number of methoxy groups -OCH3 is 1. The fraction of sp³-hybridized carbons (Fsp3) is 0.455. The van der Waals surface area contributed by atoms with Gasteiger partial charge in [0, 0.05) is 27.0 Å². The van der Waals surface area contributed by atoms with E-state index in [2.05, 4.69) is 9.97 Å². The highest BCUT2D eigenvalue weighted by atomic mass is 16.5. The number of hydrogen-bond acceptors (Lipinski definition) is 4. The number of aryl methyl sites for hydroxylation is 1. The maximum absolute atomic E-state index is 6.05. The molecule has 0 aliphatic rings. The Kier molecular flexibility index (Phi) is 3.17. The van der Waals surface area contributed by atoms with Crippen molar-refractivity contribution in [2.45, 2.75) is 12.5 Å². The Balaban J connectivity index is 2.33. The number of ether oxygens (including phenoxy) is 1. The molecular weight excluding hydrogens is 204 g/mol. The third-order valence-corrected chi connectivity index (χ3v) is 2.66. The molecule has 2 aromatic rings. The first-order valence-electron chi connectivity index (χ1n) is 5.26. The second kappa shape index (κ2) is 4.59. The summed E-state index contributed by atoms with van der Waals surface area (Å²) in [6.45, 7) is 0.637. The van der Waals surface area contributed by atoms with Gasteiger partial charge in [-0.15, -0.1) is 0 Å². The molecule has 2 N–H and O–H groups in total. The van der Waals surface area contributed by atoms with E-state index in [4.69, 9.17) is 10.5 Å². The van der Waals surface area contributed by atoms with Gasteiger partial charge < -0.3 is 15.0 Å². The lowest BCUT2D eigenvalue weighted by Crippen LogP contribution is -2.17. The Morgan fingerprint density at radius 2 is 2.38 bits per heavy atom. The van der Waals surface area contributed by atoms with E-state index in [0.29, 0.717) is 6.61 Å². The second-order valence-electron chi connectivity index (χ2n) is 3.76. The summed E-state index contributed by atoms with van der Waals surface area (Å²) in [6.07, 6.45) is 2.49. The first-order chi connectivity index (χ1) is 7.74. The fourth-order valence-electron chi connectivity index (χ4n) is 1.75. The number of aromatic nitrogens is 3. The number of imidazole rings is 1. The lowest BCUT2D eigenvalue weighted by Gasteiger charge is -2.10. The second-order valence-corrected chi connectivity index (χ2v) is 3.76. The summed E-state index contributed by atoms with van der Waals surface area (Å²) in [5, 5.41) is 0. The topological polar surface area (TPSA) is 66.0 Å². The largest absolute Gasteiger partial charge is 0.385 e. The molecule has 0 aliphatic heterocycles. The molecule has 1 unspecified atom stereocenters. The van der Waals surface area contributed by atoms with Crippen LogP contribution in [0.1, 0.15) is 18.3 Å². The Labute approximate surface area is 94.2 Å². The van der Waals surface area contributed by atoms with Crippen molar-refractivity contribution >= 4 is 11.2 Å². The van der Waals surface area contributed by atoms with E-state index in [9.17, 15) is 0 Å². The molecule has 2 rings (SSSR count). The van der Waals surface area contributed by atoms with Gasteiger partial charge in [0.1, 0.15) is 5.82 Å². The maximum Gasteiger partial charge on any atom is 0.177 e. The van der Waals surface area contributed by atoms with Gasteiger partial charge in [0.25, 0.3) is 0 Å². The summed E-state index contributed by atoms with van der Waals surface area (Å²) in [5.41, 5.74) is 7.80. The highest BCUT2D eigenvalue weighted by Crippen LogP contribution is 2.18. The number of nitrogens with zero attached hydrogens (tertiary/aromatic N) is 3. The van der Waals surface area contributed by atoms with Gasteiger partial charge in [-0.3, -0.25) is 0 Å². The minimum absolute atomic E-state index is 0.112. The van der Waals surface area contributed by atoms with E-state index in [1.165, 1.54) is 0 Å². The molecular formula is C11H16N4O. The molecule has 2 aromatic heterocycles. The van der Waals surface area contributed by atoms with E-state index >= 15 is 0 Å². The van der Waals surface area contributed by atoms with Crippen LogP contribution in [0.3, 0.4) is 0 Å². The van der Waals surface area contributed by atoms with Gasteiger partial charge in [-0.1, -0.05) is 0 Å². The number of rotatable bonds is 4. The monoisotopic (exact) mass is 220 g/mol. The predicted molar refractivity (Wildman–Crippen MR) is 61.9 cm³/mol. The minimum atomic E-state index is -0.112. The molecule has 0 amide bonds. The van der Waals surface area contributed by atoms with Gasteiger partial charge in [-0.25, -0.2) is 9.97 Å². The fourth-order valence-corrected chi connectivity index (χ4v) is 1.75. The van der Waals surface area contributed by atoms with Crippen molar-refractivity contribution < 1.29 is 4.74 Å². The van der Waals surface area contributed by atoms with Gasteiger partial charge >= 0.3 is 0 Å². The average Bonchev–Trinajstić information content (AvgIpc) is 2.64. The summed E-state index contributed by atoms with van der Waals surface area (Å²) in [6, 6.07) is 3.77. The molecule has 0 spiro atoms. The van der Waals surface area contributed by atoms with Crippen molar-refractivity contribution in [3.63, 3.8) is 0 Å². The van der Waals surface area contributed by atoms with Crippen molar-refractivity contribution in [1.29, 1.82) is 0 Å². The molecule has 5 nitrogen and oxygen atoms in total. The molecule has 1 atom stereocenters. The molecule has 0 saturated heterocycles. The lowest BCUT2D eigenvalue weighted by atomic mass is 10.2. The van der Waals surface area contributed by atoms with Crippen LogP contribution in [-0.4, -0.2) is 28.3 Å². The predicted octanol–water partition coefficient (Wildman–Crippen LogP) is 1.00. The normalized spacial score (nSPS) is 13.2. The van der Waals surface area contributed by atoms with Gasteiger partial charge in [0.15, 0.2) is 5.65 Å². The Morgan fingerprint density at radius 3 is 3.06 bits per heavy atom. The average molecular weight is 220 g/mol. The van der Waals surface area contributed by atoms with E-state index in [1.807, 2.05) is 23.7 Å². The van der Waals surface area contributed by atoms with E-state index in [0.717, 1.165) is 23.4 Å². The zero-order valence-corrected chi connectivity index (χ0v) is 9.55. The number of hydrogen-bond donors (Lipinski definition) is 1. The van der Waals surface area contributed by atoms with Crippen LogP contribution in [0.4, 0.5) is 0 Å². The number of pyridine rings is 1. The van der Waals surface area contributed by atoms with Crippen molar-refractivity contribution in [3.05, 3.63) is 24.2 Å². The van der Waals surface area contributed by atoms with Gasteiger partial charge in [0.2, 0.25) is 0 Å². The Hall–Kier alpha value is -1.46. The van der Waals surface area contributed by atoms with Gasteiger partial charge in [-0.05, 0) is 18.6 Å². The van der Waals surface area contributed by atoms with Crippen LogP contribution in [0.15, 0.2) is 18.3 Å². The minimum Gasteiger partial charge on any atom is -0.385 e. The van der Waals surface area contributed by atoms with Crippen molar-refractivity contribution in [2.24, 2.45) is 12.8 Å². The van der Waals surface area contributed by atoms with E-state index < -0.39 is 0 Å². The standard InChI is InChI=1S/C11H16N4O/c1-15-9-4-3-6-13-10(9)14-11(15)8(12)5-7-16-2/h3-4,6,8H,5,7,12H2,1-2H3. The van der Waals surface area contributed by atoms with Crippen molar-refractivity contribution in [1.82, 2.24) is 14.5 Å². The van der Waals surface area contributed by atoms with E-state index in [-0.39, 0.29) is 6.04 Å². The summed E-state index contributed by atoms with van der Waals surface area (Å²) in [4.78, 5) is 8.64. The first kappa shape index (κ1) is 11.0. The summed E-state index contributed by atoms with van der Waals surface area (Å²) >= 11 is 0. The highest BCUT2D eigenvalue weighted by molar-refractivity contribution is 5.71. The molecule has 0 aromatic carbocycles. The lowest BCUT2D eigenvalue weighted by molar-refractivity contribution is 0.187. The third kappa shape index (κ3) is 1.91. The molecule has 0 bridgehead atoms. The van der Waals surface area contributed by atoms with Crippen LogP contribution in [0.5, 0.6) is 0 Å². The highest BCUT2D eigenvalue weighted by Gasteiger charge is 2.14. The smallest absolute Gasteiger partial charge is 0.177 e. The summed E-state index contributed by atoms with van der Waals surface area (Å²) < 4.78 is 7.00. The molecule has 0 fully saturated rings. The molecule has 5 heteroatoms. The first-order valence-corrected chi connectivity index (χ1v) is 5.26. The van der Waals surface area contributed by atoms with Crippen LogP contribution >= 0.6 is 0 Å². The van der Waals surface area contributed by atoms with Crippen molar-refractivity contribution in [2.75, 3.05) is 13.7 Å². The molecule has 2 heterocycles. The molecule has 0 aliphatic carbocycles. The third-order valence-electron chi connectivity index (χ3n) is 2.66. The number of nitrogens with two attached hydrogens (primary N) is 1. The van der Waals surface area contributed by atoms with Gasteiger partial charge in [0.05, 0.1) is 11.6 Å². The van der Waals surface area contributed by atoms with Crippen LogP contribution in [-0.2, 0) is 11.8 Å².